The number of piperidine rings is 2. The van der Waals surface area contributed by atoms with Crippen molar-refractivity contribution in [3.05, 3.63) is 45.4 Å². The van der Waals surface area contributed by atoms with E-state index in [1.807, 2.05) is 0 Å². The Morgan fingerprint density at radius 1 is 0.673 bits per heavy atom. The maximum atomic E-state index is 12.5. The summed E-state index contributed by atoms with van der Waals surface area (Å²) in [5.74, 6) is 0.0105. The first kappa shape index (κ1) is 40.8. The average Bonchev–Trinajstić information content (AvgIpc) is 3.14. The van der Waals surface area contributed by atoms with Gasteiger partial charge in [0.2, 0.25) is 11.8 Å². The minimum absolute atomic E-state index is 0.130. The lowest BCUT2D eigenvalue weighted by Gasteiger charge is -2.32. The van der Waals surface area contributed by atoms with E-state index in [9.17, 15) is 19.2 Å². The minimum atomic E-state index is -0.523. The Hall–Kier alpha value is -3.98. The number of anilines is 2. The highest BCUT2D eigenvalue weighted by molar-refractivity contribution is 6.34. The van der Waals surface area contributed by atoms with Crippen LogP contribution in [0.4, 0.5) is 11.4 Å². The number of nitrogen functional groups attached to an aromatic ring is 2. The van der Waals surface area contributed by atoms with Gasteiger partial charge in [-0.1, -0.05) is 23.2 Å². The fourth-order valence-corrected chi connectivity index (χ4v) is 6.56. The van der Waals surface area contributed by atoms with Gasteiger partial charge in [0.05, 0.1) is 35.6 Å². The number of ether oxygens (including phenoxy) is 4. The number of nitrogens with one attached hydrogen (secondary N) is 2. The molecule has 0 bridgehead atoms. The van der Waals surface area contributed by atoms with E-state index in [4.69, 9.17) is 53.6 Å². The van der Waals surface area contributed by atoms with Crippen molar-refractivity contribution in [2.45, 2.75) is 38.5 Å². The van der Waals surface area contributed by atoms with Gasteiger partial charge in [0.1, 0.15) is 35.8 Å². The monoisotopic (exact) mass is 764 g/mol. The van der Waals surface area contributed by atoms with Crippen LogP contribution >= 0.6 is 23.2 Å². The first-order chi connectivity index (χ1) is 25.0. The largest absolute Gasteiger partial charge is 0.496 e. The van der Waals surface area contributed by atoms with Crippen molar-refractivity contribution in [1.82, 2.24) is 20.4 Å². The molecule has 14 nitrogen and oxygen atoms in total. The number of halogens is 2. The molecule has 0 atom stereocenters. The Morgan fingerprint density at radius 2 is 1.04 bits per heavy atom. The average molecular weight is 766 g/mol. The number of carbonyl (C=O) groups is 4. The number of carbonyl (C=O) groups excluding carboxylic acids is 4. The van der Waals surface area contributed by atoms with E-state index in [-0.39, 0.29) is 59.0 Å². The van der Waals surface area contributed by atoms with Crippen LogP contribution in [0.2, 0.25) is 10.0 Å². The highest BCUT2D eigenvalue weighted by Gasteiger charge is 2.23. The molecular weight excluding hydrogens is 715 g/mol. The van der Waals surface area contributed by atoms with Crippen LogP contribution in [0, 0.1) is 11.8 Å². The van der Waals surface area contributed by atoms with E-state index in [0.29, 0.717) is 60.9 Å². The Morgan fingerprint density at radius 3 is 1.38 bits per heavy atom. The van der Waals surface area contributed by atoms with Crippen LogP contribution in [0.1, 0.15) is 59.2 Å². The predicted molar refractivity (Wildman–Crippen MR) is 199 cm³/mol. The molecule has 0 radical (unpaired) electrons. The molecule has 286 valence electrons. The molecule has 2 heterocycles. The van der Waals surface area contributed by atoms with Crippen LogP contribution in [-0.2, 0) is 19.1 Å². The van der Waals surface area contributed by atoms with Gasteiger partial charge in [0, 0.05) is 51.2 Å². The lowest BCUT2D eigenvalue weighted by molar-refractivity contribution is -0.126. The van der Waals surface area contributed by atoms with Gasteiger partial charge in [-0.25, -0.2) is 9.59 Å². The molecule has 2 amide bonds. The summed E-state index contributed by atoms with van der Waals surface area (Å²) < 4.78 is 21.3. The number of amides is 2. The van der Waals surface area contributed by atoms with Gasteiger partial charge >= 0.3 is 11.9 Å². The molecule has 0 spiro atoms. The number of esters is 2. The maximum Gasteiger partial charge on any atom is 0.342 e. The van der Waals surface area contributed by atoms with Crippen molar-refractivity contribution in [1.29, 1.82) is 0 Å². The van der Waals surface area contributed by atoms with Crippen LogP contribution in [0.5, 0.6) is 11.5 Å². The van der Waals surface area contributed by atoms with Gasteiger partial charge in [-0.3, -0.25) is 19.4 Å². The van der Waals surface area contributed by atoms with E-state index >= 15 is 0 Å². The fourth-order valence-electron chi connectivity index (χ4n) is 6.23. The molecule has 2 aliphatic rings. The van der Waals surface area contributed by atoms with E-state index in [2.05, 4.69) is 20.4 Å². The minimum Gasteiger partial charge on any atom is -0.496 e. The lowest BCUT2D eigenvalue weighted by Crippen LogP contribution is -2.41. The highest BCUT2D eigenvalue weighted by atomic mass is 35.5. The summed E-state index contributed by atoms with van der Waals surface area (Å²) in [6.07, 6.45) is 3.93. The van der Waals surface area contributed by atoms with Crippen molar-refractivity contribution < 1.29 is 38.1 Å². The molecule has 0 saturated carbocycles. The van der Waals surface area contributed by atoms with Crippen molar-refractivity contribution in [2.75, 3.05) is 91.3 Å². The van der Waals surface area contributed by atoms with Gasteiger partial charge in [0.15, 0.2) is 0 Å². The van der Waals surface area contributed by atoms with Gasteiger partial charge < -0.3 is 41.0 Å². The zero-order valence-corrected chi connectivity index (χ0v) is 31.4. The van der Waals surface area contributed by atoms with Gasteiger partial charge in [-0.15, -0.1) is 0 Å². The van der Waals surface area contributed by atoms with Crippen molar-refractivity contribution in [2.24, 2.45) is 11.8 Å². The third-order valence-electron chi connectivity index (χ3n) is 9.53. The summed E-state index contributed by atoms with van der Waals surface area (Å²) in [7, 11) is 2.90. The standard InChI is InChI=1S/C36H50Cl2N6O8/c1-49-31-19-29(39)27(37)17-25(31)35(47)51-15-13-43-9-5-23(6-10-43)21-41-33(45)3-4-34(46)42-22-24-7-11-44(12-8-24)14-16-52-36(48)26-18-28(38)30(40)20-32(26)50-2/h17-20,23-24H,3-16,21-22,39-40H2,1-2H3,(H,41,45)(H,42,46). The molecule has 16 heteroatoms. The van der Waals surface area contributed by atoms with Crippen LogP contribution in [0.15, 0.2) is 24.3 Å². The van der Waals surface area contributed by atoms with Crippen molar-refractivity contribution >= 4 is 58.3 Å². The predicted octanol–water partition coefficient (Wildman–Crippen LogP) is 3.63. The van der Waals surface area contributed by atoms with Crippen LogP contribution in [-0.4, -0.2) is 113 Å². The Bertz CT molecular complexity index is 1430. The summed E-state index contributed by atoms with van der Waals surface area (Å²) in [6, 6.07) is 5.89. The molecule has 2 aliphatic heterocycles. The number of nitrogens with two attached hydrogens (primary N) is 2. The van der Waals surface area contributed by atoms with E-state index in [0.717, 1.165) is 51.9 Å². The van der Waals surface area contributed by atoms with Gasteiger partial charge in [-0.2, -0.15) is 0 Å². The number of benzene rings is 2. The molecule has 2 fully saturated rings. The maximum absolute atomic E-state index is 12.5. The number of rotatable bonds is 17. The molecule has 6 N–H and O–H groups in total. The van der Waals surface area contributed by atoms with Crippen molar-refractivity contribution in [3.63, 3.8) is 0 Å². The molecule has 0 unspecified atom stereocenters. The van der Waals surface area contributed by atoms with Crippen LogP contribution in [0.25, 0.3) is 0 Å². The van der Waals surface area contributed by atoms with E-state index < -0.39 is 11.9 Å². The Labute approximate surface area is 314 Å². The van der Waals surface area contributed by atoms with Gasteiger partial charge in [0.25, 0.3) is 0 Å². The second-order valence-corrected chi connectivity index (χ2v) is 13.9. The second-order valence-electron chi connectivity index (χ2n) is 13.1. The van der Waals surface area contributed by atoms with Gasteiger partial charge in [-0.05, 0) is 75.8 Å². The highest BCUT2D eigenvalue weighted by Crippen LogP contribution is 2.30. The molecule has 52 heavy (non-hydrogen) atoms. The molecule has 2 saturated heterocycles. The number of nitrogens with zero attached hydrogens (tertiary/aromatic N) is 2. The molecule has 2 aromatic rings. The number of methoxy groups -OCH3 is 2. The summed E-state index contributed by atoms with van der Waals surface area (Å²) >= 11 is 12.1. The van der Waals surface area contributed by atoms with Crippen molar-refractivity contribution in [3.8, 4) is 11.5 Å². The fraction of sp³-hybridized carbons (Fsp3) is 0.556. The molecular formula is C36H50Cl2N6O8. The smallest absolute Gasteiger partial charge is 0.342 e. The molecule has 0 aliphatic carbocycles. The summed E-state index contributed by atoms with van der Waals surface area (Å²) in [5.41, 5.74) is 12.7. The summed E-state index contributed by atoms with van der Waals surface area (Å²) in [6.45, 7) is 6.13. The molecule has 4 rings (SSSR count). The Kier molecular flexibility index (Phi) is 15.9. The first-order valence-electron chi connectivity index (χ1n) is 17.6. The number of hydrogen-bond acceptors (Lipinski definition) is 12. The summed E-state index contributed by atoms with van der Waals surface area (Å²) in [4.78, 5) is 54.4. The second kappa shape index (κ2) is 20.3. The number of hydrogen-bond donors (Lipinski definition) is 4. The third-order valence-corrected chi connectivity index (χ3v) is 10.2. The van der Waals surface area contributed by atoms with E-state index in [1.54, 1.807) is 0 Å². The zero-order chi connectivity index (χ0) is 37.6. The quantitative estimate of drug-likeness (QED) is 0.136. The van der Waals surface area contributed by atoms with E-state index in [1.165, 1.54) is 38.5 Å². The van der Waals surface area contributed by atoms with Crippen LogP contribution < -0.4 is 31.6 Å². The third kappa shape index (κ3) is 12.3. The first-order valence-corrected chi connectivity index (χ1v) is 18.3. The topological polar surface area (TPSA) is 188 Å². The zero-order valence-electron chi connectivity index (χ0n) is 29.8. The Balaban J connectivity index is 1.01. The SMILES string of the molecule is COc1cc(N)c(Cl)cc1C(=O)OCCN1CCC(CNC(=O)CCC(=O)NCC2CCN(CCOC(=O)c3cc(Cl)c(N)cc3OC)CC2)CC1. The summed E-state index contributed by atoms with van der Waals surface area (Å²) in [5, 5.41) is 6.48. The number of likely N-dealkylation sites (tertiary alicyclic amines) is 2. The molecule has 2 aromatic carbocycles. The molecule has 0 aromatic heterocycles. The van der Waals surface area contributed by atoms with Crippen LogP contribution in [0.3, 0.4) is 0 Å². The lowest BCUT2D eigenvalue weighted by atomic mass is 9.96. The normalized spacial score (nSPS) is 15.8.